The van der Waals surface area contributed by atoms with Crippen LogP contribution in [0, 0.1) is 0 Å². The fourth-order valence-corrected chi connectivity index (χ4v) is 2.56. The van der Waals surface area contributed by atoms with Crippen LogP contribution in [-0.2, 0) is 10.0 Å². The van der Waals surface area contributed by atoms with Gasteiger partial charge in [-0.3, -0.25) is 4.79 Å². The number of hydrogen-bond donors (Lipinski definition) is 3. The lowest BCUT2D eigenvalue weighted by Gasteiger charge is -2.11. The van der Waals surface area contributed by atoms with E-state index >= 15 is 0 Å². The van der Waals surface area contributed by atoms with Crippen LogP contribution in [0.25, 0.3) is 0 Å². The summed E-state index contributed by atoms with van der Waals surface area (Å²) in [5.41, 5.74) is 6.81. The van der Waals surface area contributed by atoms with Crippen LogP contribution in [0.2, 0.25) is 0 Å². The largest absolute Gasteiger partial charge is 0.397 e. The number of aromatic amines is 1. The fourth-order valence-electron chi connectivity index (χ4n) is 1.66. The molecule has 7 nitrogen and oxygen atoms in total. The lowest BCUT2D eigenvalue weighted by Crippen LogP contribution is -2.22. The summed E-state index contributed by atoms with van der Waals surface area (Å²) in [6.45, 7) is 0. The van der Waals surface area contributed by atoms with Crippen molar-refractivity contribution in [1.29, 1.82) is 0 Å². The van der Waals surface area contributed by atoms with Gasteiger partial charge in [-0.25, -0.2) is 12.7 Å². The molecule has 1 heterocycles. The molecule has 0 aliphatic carbocycles. The first-order valence-corrected chi connectivity index (χ1v) is 7.52. The van der Waals surface area contributed by atoms with Crippen molar-refractivity contribution in [3.8, 4) is 0 Å². The molecule has 0 saturated heterocycles. The number of hydrogen-bond acceptors (Lipinski definition) is 4. The molecule has 1 aromatic heterocycles. The second-order valence-electron chi connectivity index (χ2n) is 4.61. The summed E-state index contributed by atoms with van der Waals surface area (Å²) in [4.78, 5) is 14.8. The van der Waals surface area contributed by atoms with Gasteiger partial charge in [0, 0.05) is 31.7 Å². The molecule has 0 atom stereocenters. The van der Waals surface area contributed by atoms with Crippen LogP contribution in [0.5, 0.6) is 0 Å². The number of carbonyl (C=O) groups excluding carboxylic acids is 1. The van der Waals surface area contributed by atoms with Crippen molar-refractivity contribution in [3.05, 3.63) is 42.2 Å². The van der Waals surface area contributed by atoms with Crippen molar-refractivity contribution in [2.75, 3.05) is 25.1 Å². The molecule has 0 aliphatic heterocycles. The summed E-state index contributed by atoms with van der Waals surface area (Å²) in [6, 6.07) is 7.45. The summed E-state index contributed by atoms with van der Waals surface area (Å²) in [6.07, 6.45) is 1.52. The average molecular weight is 308 g/mol. The molecule has 0 radical (unpaired) electrons. The third kappa shape index (κ3) is 3.23. The Morgan fingerprint density at radius 3 is 2.33 bits per heavy atom. The third-order valence-electron chi connectivity index (χ3n) is 2.84. The minimum Gasteiger partial charge on any atom is -0.397 e. The molecule has 2 rings (SSSR count). The first kappa shape index (κ1) is 15.1. The van der Waals surface area contributed by atoms with Crippen LogP contribution in [0.3, 0.4) is 0 Å². The Balaban J connectivity index is 2.15. The van der Waals surface area contributed by atoms with Crippen molar-refractivity contribution in [2.45, 2.75) is 4.90 Å². The number of nitrogens with zero attached hydrogens (tertiary/aromatic N) is 1. The number of nitrogens with one attached hydrogen (secondary N) is 2. The summed E-state index contributed by atoms with van der Waals surface area (Å²) >= 11 is 0. The Morgan fingerprint density at radius 2 is 1.86 bits per heavy atom. The number of anilines is 2. The van der Waals surface area contributed by atoms with Gasteiger partial charge in [-0.1, -0.05) is 0 Å². The van der Waals surface area contributed by atoms with Gasteiger partial charge in [-0.15, -0.1) is 0 Å². The fraction of sp³-hybridized carbons (Fsp3) is 0.154. The molecule has 8 heteroatoms. The lowest BCUT2D eigenvalue weighted by molar-refractivity contribution is 0.102. The number of nitrogen functional groups attached to an aromatic ring is 1. The van der Waals surface area contributed by atoms with Gasteiger partial charge in [0.15, 0.2) is 0 Å². The Hall–Kier alpha value is -2.32. The van der Waals surface area contributed by atoms with E-state index in [4.69, 9.17) is 5.73 Å². The topological polar surface area (TPSA) is 108 Å². The van der Waals surface area contributed by atoms with E-state index < -0.39 is 10.0 Å². The summed E-state index contributed by atoms with van der Waals surface area (Å²) in [5.74, 6) is -0.352. The molecule has 0 spiro atoms. The van der Waals surface area contributed by atoms with Crippen LogP contribution >= 0.6 is 0 Å². The maximum Gasteiger partial charge on any atom is 0.272 e. The summed E-state index contributed by atoms with van der Waals surface area (Å²) in [7, 11) is -0.555. The van der Waals surface area contributed by atoms with Gasteiger partial charge in [-0.05, 0) is 30.3 Å². The van der Waals surface area contributed by atoms with Gasteiger partial charge < -0.3 is 16.0 Å². The van der Waals surface area contributed by atoms with Gasteiger partial charge in [0.1, 0.15) is 5.69 Å². The third-order valence-corrected chi connectivity index (χ3v) is 4.67. The molecule has 0 aliphatic rings. The highest BCUT2D eigenvalue weighted by atomic mass is 32.2. The molecule has 112 valence electrons. The van der Waals surface area contributed by atoms with E-state index in [9.17, 15) is 13.2 Å². The van der Waals surface area contributed by atoms with Crippen LogP contribution < -0.4 is 11.1 Å². The van der Waals surface area contributed by atoms with Crippen LogP contribution in [-0.4, -0.2) is 37.7 Å². The Kier molecular flexibility index (Phi) is 4.01. The zero-order valence-electron chi connectivity index (χ0n) is 11.6. The summed E-state index contributed by atoms with van der Waals surface area (Å²) in [5, 5.41) is 2.65. The quantitative estimate of drug-likeness (QED) is 0.786. The van der Waals surface area contributed by atoms with Crippen LogP contribution in [0.4, 0.5) is 11.4 Å². The van der Waals surface area contributed by atoms with E-state index in [0.29, 0.717) is 17.1 Å². The van der Waals surface area contributed by atoms with Crippen molar-refractivity contribution in [3.63, 3.8) is 0 Å². The number of nitrogens with two attached hydrogens (primary N) is 1. The monoisotopic (exact) mass is 308 g/mol. The van der Waals surface area contributed by atoms with Gasteiger partial charge in [0.05, 0.1) is 4.90 Å². The second kappa shape index (κ2) is 5.58. The van der Waals surface area contributed by atoms with Gasteiger partial charge in [-0.2, -0.15) is 0 Å². The van der Waals surface area contributed by atoms with Gasteiger partial charge >= 0.3 is 0 Å². The van der Waals surface area contributed by atoms with E-state index in [1.165, 1.54) is 50.6 Å². The van der Waals surface area contributed by atoms with Gasteiger partial charge in [0.25, 0.3) is 5.91 Å². The molecular weight excluding hydrogens is 292 g/mol. The molecule has 2 aromatic rings. The number of amides is 1. The standard InChI is InChI=1S/C13H16N4O3S/c1-17(2)21(19,20)11-5-3-10(4-6-11)16-13(18)12-7-9(14)8-15-12/h3-8,15H,14H2,1-2H3,(H,16,18). The number of benzene rings is 1. The zero-order chi connectivity index (χ0) is 15.6. The van der Waals surface area contributed by atoms with Crippen molar-refractivity contribution < 1.29 is 13.2 Å². The molecule has 21 heavy (non-hydrogen) atoms. The first-order valence-electron chi connectivity index (χ1n) is 6.08. The first-order chi connectivity index (χ1) is 9.80. The molecule has 0 fully saturated rings. The minimum absolute atomic E-state index is 0.162. The number of rotatable bonds is 4. The van der Waals surface area contributed by atoms with Crippen molar-refractivity contribution in [2.24, 2.45) is 0 Å². The van der Waals surface area contributed by atoms with E-state index in [1.807, 2.05) is 0 Å². The highest BCUT2D eigenvalue weighted by Gasteiger charge is 2.17. The zero-order valence-corrected chi connectivity index (χ0v) is 12.4. The number of sulfonamides is 1. The highest BCUT2D eigenvalue weighted by molar-refractivity contribution is 7.89. The molecule has 0 bridgehead atoms. The maximum absolute atomic E-state index is 11.9. The van der Waals surface area contributed by atoms with E-state index in [2.05, 4.69) is 10.3 Å². The molecular formula is C13H16N4O3S. The molecule has 0 saturated carbocycles. The smallest absolute Gasteiger partial charge is 0.272 e. The van der Waals surface area contributed by atoms with Crippen LogP contribution in [0.1, 0.15) is 10.5 Å². The predicted molar refractivity (Wildman–Crippen MR) is 80.5 cm³/mol. The van der Waals surface area contributed by atoms with Crippen molar-refractivity contribution in [1.82, 2.24) is 9.29 Å². The Bertz CT molecular complexity index is 748. The van der Waals surface area contributed by atoms with Crippen LogP contribution in [0.15, 0.2) is 41.4 Å². The molecule has 0 unspecified atom stereocenters. The maximum atomic E-state index is 11.9. The summed E-state index contributed by atoms with van der Waals surface area (Å²) < 4.78 is 24.9. The van der Waals surface area contributed by atoms with E-state index in [0.717, 1.165) is 4.31 Å². The van der Waals surface area contributed by atoms with E-state index in [1.54, 1.807) is 0 Å². The average Bonchev–Trinajstić information content (AvgIpc) is 2.86. The second-order valence-corrected chi connectivity index (χ2v) is 6.76. The number of carbonyl (C=O) groups is 1. The molecule has 4 N–H and O–H groups in total. The molecule has 1 amide bonds. The lowest BCUT2D eigenvalue weighted by atomic mass is 10.3. The Labute approximate surface area is 122 Å². The van der Waals surface area contributed by atoms with Gasteiger partial charge in [0.2, 0.25) is 10.0 Å². The van der Waals surface area contributed by atoms with Crippen molar-refractivity contribution >= 4 is 27.3 Å². The predicted octanol–water partition coefficient (Wildman–Crippen LogP) is 1.10. The Morgan fingerprint density at radius 1 is 1.24 bits per heavy atom. The normalized spacial score (nSPS) is 11.6. The van der Waals surface area contributed by atoms with E-state index in [-0.39, 0.29) is 10.8 Å². The SMILES string of the molecule is CN(C)S(=O)(=O)c1ccc(NC(=O)c2cc(N)c[nH]2)cc1. The highest BCUT2D eigenvalue weighted by Crippen LogP contribution is 2.17. The minimum atomic E-state index is -3.47. The molecule has 1 aromatic carbocycles. The number of H-pyrrole nitrogens is 1. The number of aromatic nitrogens is 1.